The van der Waals surface area contributed by atoms with Gasteiger partial charge in [0.15, 0.2) is 4.77 Å². The molecule has 0 saturated carbocycles. The number of H-pyrrole nitrogens is 1. The van der Waals surface area contributed by atoms with Gasteiger partial charge >= 0.3 is 0 Å². The van der Waals surface area contributed by atoms with Gasteiger partial charge in [0.1, 0.15) is 4.83 Å². The highest BCUT2D eigenvalue weighted by Gasteiger charge is 2.18. The molecule has 124 valence electrons. The zero-order chi connectivity index (χ0) is 16.5. The normalized spacial score (nSPS) is 15.0. The van der Waals surface area contributed by atoms with Gasteiger partial charge in [0.25, 0.3) is 5.56 Å². The van der Waals surface area contributed by atoms with E-state index in [1.54, 1.807) is 28.3 Å². The van der Waals surface area contributed by atoms with Crippen molar-refractivity contribution in [2.75, 3.05) is 0 Å². The van der Waals surface area contributed by atoms with Crippen LogP contribution >= 0.6 is 23.6 Å². The Morgan fingerprint density at radius 1 is 1.25 bits per heavy atom. The Hall–Kier alpha value is -1.79. The van der Waals surface area contributed by atoms with E-state index in [-0.39, 0.29) is 5.56 Å². The highest BCUT2D eigenvalue weighted by molar-refractivity contribution is 7.71. The molecule has 1 N–H and O–H groups in total. The van der Waals surface area contributed by atoms with E-state index >= 15 is 0 Å². The molecule has 24 heavy (non-hydrogen) atoms. The highest BCUT2D eigenvalue weighted by atomic mass is 32.1. The quantitative estimate of drug-likeness (QED) is 0.699. The number of aromatic nitrogens is 3. The van der Waals surface area contributed by atoms with E-state index < -0.39 is 0 Å². The van der Waals surface area contributed by atoms with Crippen molar-refractivity contribution in [3.8, 4) is 0 Å². The van der Waals surface area contributed by atoms with Crippen molar-refractivity contribution in [3.63, 3.8) is 0 Å². The molecule has 4 nitrogen and oxygen atoms in total. The van der Waals surface area contributed by atoms with Gasteiger partial charge in [-0.25, -0.2) is 0 Å². The number of aryl methyl sites for hydroxylation is 2. The average molecular weight is 358 g/mol. The summed E-state index contributed by atoms with van der Waals surface area (Å²) in [5, 5.41) is 0.856. The minimum Gasteiger partial charge on any atom is -0.323 e. The number of nitrogens with one attached hydrogen (secondary N) is 1. The molecule has 4 rings (SSSR count). The van der Waals surface area contributed by atoms with Crippen molar-refractivity contribution in [3.05, 3.63) is 55.7 Å². The number of hydrogen-bond acceptors (Lipinski definition) is 4. The zero-order valence-electron chi connectivity index (χ0n) is 13.4. The van der Waals surface area contributed by atoms with Crippen molar-refractivity contribution in [2.45, 2.75) is 45.1 Å². The van der Waals surface area contributed by atoms with Crippen LogP contribution in [0.5, 0.6) is 0 Å². The molecule has 0 spiro atoms. The molecule has 0 bridgehead atoms. The van der Waals surface area contributed by atoms with Crippen molar-refractivity contribution in [1.82, 2.24) is 14.5 Å². The van der Waals surface area contributed by atoms with Gasteiger partial charge in [-0.05, 0) is 55.1 Å². The zero-order valence-corrected chi connectivity index (χ0v) is 15.0. The van der Waals surface area contributed by atoms with Crippen LogP contribution in [0.1, 0.15) is 41.7 Å². The summed E-state index contributed by atoms with van der Waals surface area (Å²) in [4.78, 5) is 22.9. The first-order valence-corrected chi connectivity index (χ1v) is 9.63. The van der Waals surface area contributed by atoms with E-state index in [0.29, 0.717) is 11.3 Å². The Bertz CT molecular complexity index is 985. The van der Waals surface area contributed by atoms with Crippen LogP contribution in [-0.2, 0) is 19.4 Å². The molecule has 0 amide bonds. The van der Waals surface area contributed by atoms with Crippen LogP contribution in [0.2, 0.25) is 0 Å². The third-order valence-electron chi connectivity index (χ3n) is 4.66. The fourth-order valence-electron chi connectivity index (χ4n) is 3.44. The molecule has 1 aliphatic rings. The largest absolute Gasteiger partial charge is 0.323 e. The Morgan fingerprint density at radius 3 is 2.88 bits per heavy atom. The summed E-state index contributed by atoms with van der Waals surface area (Å²) < 4.78 is 2.16. The SMILES string of the molecule is O=c1c2c3c(sc2[nH]c(=S)n1Cc1cccnc1)CCCCCC3. The van der Waals surface area contributed by atoms with E-state index in [4.69, 9.17) is 12.2 Å². The van der Waals surface area contributed by atoms with Crippen molar-refractivity contribution >= 4 is 33.8 Å². The standard InChI is InChI=1S/C18H19N3OS2/c22-17-15-13-7-3-1-2-4-8-14(13)24-16(15)20-18(23)21(17)11-12-6-5-9-19-10-12/h5-6,9-10H,1-4,7-8,11H2,(H,20,23). The van der Waals surface area contributed by atoms with Gasteiger partial charge in [-0.1, -0.05) is 18.9 Å². The Morgan fingerprint density at radius 2 is 2.08 bits per heavy atom. The molecule has 3 aromatic heterocycles. The third-order valence-corrected chi connectivity index (χ3v) is 6.19. The van der Waals surface area contributed by atoms with Gasteiger partial charge < -0.3 is 4.98 Å². The number of pyridine rings is 1. The molecule has 3 aromatic rings. The first-order valence-electron chi connectivity index (χ1n) is 8.40. The molecule has 0 saturated heterocycles. The fourth-order valence-corrected chi connectivity index (χ4v) is 5.04. The van der Waals surface area contributed by atoms with Crippen LogP contribution in [-0.4, -0.2) is 14.5 Å². The monoisotopic (exact) mass is 357 g/mol. The van der Waals surface area contributed by atoms with Crippen molar-refractivity contribution in [1.29, 1.82) is 0 Å². The molecule has 6 heteroatoms. The highest BCUT2D eigenvalue weighted by Crippen LogP contribution is 2.32. The van der Waals surface area contributed by atoms with Gasteiger partial charge in [0.05, 0.1) is 11.9 Å². The van der Waals surface area contributed by atoms with Crippen molar-refractivity contribution in [2.24, 2.45) is 0 Å². The first kappa shape index (κ1) is 15.7. The van der Waals surface area contributed by atoms with Crippen LogP contribution < -0.4 is 5.56 Å². The maximum Gasteiger partial charge on any atom is 0.263 e. The predicted octanol–water partition coefficient (Wildman–Crippen LogP) is 4.22. The third kappa shape index (κ3) is 2.84. The lowest BCUT2D eigenvalue weighted by Crippen LogP contribution is -2.23. The molecule has 3 heterocycles. The molecular weight excluding hydrogens is 338 g/mol. The second-order valence-corrected chi connectivity index (χ2v) is 7.80. The fraction of sp³-hybridized carbons (Fsp3) is 0.389. The second kappa shape index (κ2) is 6.61. The van der Waals surface area contributed by atoms with E-state index in [1.807, 2.05) is 12.1 Å². The number of aromatic amines is 1. The second-order valence-electron chi connectivity index (χ2n) is 6.30. The summed E-state index contributed by atoms with van der Waals surface area (Å²) in [6.07, 6.45) is 10.5. The molecule has 0 aromatic carbocycles. The summed E-state index contributed by atoms with van der Waals surface area (Å²) in [7, 11) is 0. The summed E-state index contributed by atoms with van der Waals surface area (Å²) in [5.74, 6) is 0. The molecule has 0 unspecified atom stereocenters. The van der Waals surface area contributed by atoms with Crippen LogP contribution in [0.15, 0.2) is 29.3 Å². The minimum atomic E-state index is 0.0377. The summed E-state index contributed by atoms with van der Waals surface area (Å²) >= 11 is 7.17. The lowest BCUT2D eigenvalue weighted by molar-refractivity contribution is 0.623. The molecule has 1 aliphatic carbocycles. The van der Waals surface area contributed by atoms with Crippen LogP contribution in [0.25, 0.3) is 10.2 Å². The number of rotatable bonds is 2. The van der Waals surface area contributed by atoms with E-state index in [1.165, 1.54) is 29.7 Å². The maximum atomic E-state index is 13.1. The molecular formula is C18H19N3OS2. The Kier molecular flexibility index (Phi) is 4.33. The average Bonchev–Trinajstić information content (AvgIpc) is 2.89. The van der Waals surface area contributed by atoms with Gasteiger partial charge in [0.2, 0.25) is 0 Å². The summed E-state index contributed by atoms with van der Waals surface area (Å²) in [6, 6.07) is 3.85. The number of nitrogens with zero attached hydrogens (tertiary/aromatic N) is 2. The van der Waals surface area contributed by atoms with Gasteiger partial charge in [-0.3, -0.25) is 14.3 Å². The lowest BCUT2D eigenvalue weighted by atomic mass is 9.98. The van der Waals surface area contributed by atoms with Crippen LogP contribution in [0.4, 0.5) is 0 Å². The Balaban J connectivity index is 1.88. The Labute approximate surface area is 149 Å². The van der Waals surface area contributed by atoms with E-state index in [9.17, 15) is 4.79 Å². The van der Waals surface area contributed by atoms with Gasteiger partial charge in [-0.2, -0.15) is 0 Å². The minimum absolute atomic E-state index is 0.0377. The van der Waals surface area contributed by atoms with E-state index in [2.05, 4.69) is 9.97 Å². The molecule has 0 aliphatic heterocycles. The molecule has 0 atom stereocenters. The number of thiophene rings is 1. The smallest absolute Gasteiger partial charge is 0.263 e. The first-order chi connectivity index (χ1) is 11.7. The number of hydrogen-bond donors (Lipinski definition) is 1. The van der Waals surface area contributed by atoms with Crippen molar-refractivity contribution < 1.29 is 0 Å². The van der Waals surface area contributed by atoms with E-state index in [0.717, 1.165) is 35.0 Å². The topological polar surface area (TPSA) is 50.7 Å². The molecule has 0 fully saturated rings. The number of fused-ring (bicyclic) bond motifs is 3. The van der Waals surface area contributed by atoms with Crippen LogP contribution in [0.3, 0.4) is 0 Å². The summed E-state index contributed by atoms with van der Waals surface area (Å²) in [5.41, 5.74) is 2.28. The van der Waals surface area contributed by atoms with Crippen LogP contribution in [0, 0.1) is 4.77 Å². The maximum absolute atomic E-state index is 13.1. The van der Waals surface area contributed by atoms with Gasteiger partial charge in [0, 0.05) is 17.3 Å². The predicted molar refractivity (Wildman–Crippen MR) is 100 cm³/mol. The lowest BCUT2D eigenvalue weighted by Gasteiger charge is -2.10. The van der Waals surface area contributed by atoms with Gasteiger partial charge in [-0.15, -0.1) is 11.3 Å². The summed E-state index contributed by atoms with van der Waals surface area (Å²) in [6.45, 7) is 0.461. The molecule has 0 radical (unpaired) electrons.